The molecule has 0 saturated heterocycles. The van der Waals surface area contributed by atoms with E-state index in [2.05, 4.69) is 0 Å². The Morgan fingerprint density at radius 3 is 2.31 bits per heavy atom. The maximum absolute atomic E-state index is 13.5. The second-order valence-electron chi connectivity index (χ2n) is 7.54. The number of hydrogen-bond acceptors (Lipinski definition) is 4. The summed E-state index contributed by atoms with van der Waals surface area (Å²) in [6, 6.07) is 11.7. The normalized spacial score (nSPS) is 12.4. The minimum Gasteiger partial charge on any atom is -0.479 e. The van der Waals surface area contributed by atoms with E-state index in [0.29, 0.717) is 21.6 Å². The summed E-state index contributed by atoms with van der Waals surface area (Å²) in [5, 5.41) is 10.4. The maximum atomic E-state index is 13.5. The summed E-state index contributed by atoms with van der Waals surface area (Å²) in [6.45, 7) is 6.29. The lowest BCUT2D eigenvalue weighted by molar-refractivity contribution is -0.162. The zero-order valence-electron chi connectivity index (χ0n) is 16.6. The molecule has 29 heavy (non-hydrogen) atoms. The van der Waals surface area contributed by atoms with Gasteiger partial charge in [0.25, 0.3) is 10.0 Å². The zero-order chi connectivity index (χ0) is 21.6. The smallest absolute Gasteiger partial charge is 0.335 e. The number of hydrogen-bond donors (Lipinski definition) is 1. The van der Waals surface area contributed by atoms with E-state index in [1.807, 2.05) is 19.9 Å². The number of aromatic nitrogens is 1. The van der Waals surface area contributed by atoms with Gasteiger partial charge in [0.2, 0.25) is 0 Å². The number of carboxylic acid groups (broad SMARTS) is 1. The maximum Gasteiger partial charge on any atom is 0.335 e. The number of ether oxygens (including phenoxy) is 1. The van der Waals surface area contributed by atoms with Gasteiger partial charge in [0.1, 0.15) is 0 Å². The van der Waals surface area contributed by atoms with E-state index in [1.165, 1.54) is 17.8 Å². The van der Waals surface area contributed by atoms with Gasteiger partial charge in [-0.3, -0.25) is 0 Å². The molecule has 3 rings (SSSR count). The first kappa shape index (κ1) is 21.4. The number of carbonyl (C=O) groups is 1. The summed E-state index contributed by atoms with van der Waals surface area (Å²) >= 11 is 6.08. The molecular formula is C21H22ClNO5S. The summed E-state index contributed by atoms with van der Waals surface area (Å²) < 4.78 is 33.8. The van der Waals surface area contributed by atoms with Crippen LogP contribution in [-0.2, 0) is 26.2 Å². The quantitative estimate of drug-likeness (QED) is 0.614. The van der Waals surface area contributed by atoms with Gasteiger partial charge in [-0.2, -0.15) is 0 Å². The van der Waals surface area contributed by atoms with Gasteiger partial charge in [-0.25, -0.2) is 17.2 Å². The molecule has 0 spiro atoms. The van der Waals surface area contributed by atoms with Gasteiger partial charge in [0.15, 0.2) is 5.60 Å². The van der Waals surface area contributed by atoms with Crippen LogP contribution in [0.25, 0.3) is 10.9 Å². The highest BCUT2D eigenvalue weighted by Gasteiger charge is 2.30. The first-order chi connectivity index (χ1) is 13.4. The van der Waals surface area contributed by atoms with E-state index < -0.39 is 21.6 Å². The number of rotatable bonds is 6. The van der Waals surface area contributed by atoms with Crippen LogP contribution in [0.4, 0.5) is 0 Å². The average molecular weight is 436 g/mol. The number of aliphatic carboxylic acids is 1. The molecule has 0 atom stereocenters. The lowest BCUT2D eigenvalue weighted by atomic mass is 10.1. The van der Waals surface area contributed by atoms with E-state index in [0.717, 1.165) is 11.1 Å². The minimum absolute atomic E-state index is 0.154. The lowest BCUT2D eigenvalue weighted by Crippen LogP contribution is -2.34. The van der Waals surface area contributed by atoms with E-state index >= 15 is 0 Å². The van der Waals surface area contributed by atoms with Crippen molar-refractivity contribution in [1.29, 1.82) is 0 Å². The van der Waals surface area contributed by atoms with Gasteiger partial charge < -0.3 is 9.84 Å². The van der Waals surface area contributed by atoms with E-state index in [9.17, 15) is 18.3 Å². The monoisotopic (exact) mass is 435 g/mol. The third-order valence-corrected chi connectivity index (χ3v) is 6.60. The van der Waals surface area contributed by atoms with Crippen LogP contribution in [0.15, 0.2) is 47.4 Å². The Hall–Kier alpha value is -2.35. The van der Waals surface area contributed by atoms with Crippen LogP contribution in [0, 0.1) is 13.8 Å². The Labute approximate surface area is 174 Å². The third kappa shape index (κ3) is 4.17. The second-order valence-corrected chi connectivity index (χ2v) is 9.76. The molecule has 2 aromatic carbocycles. The van der Waals surface area contributed by atoms with Gasteiger partial charge in [-0.15, -0.1) is 0 Å². The summed E-state index contributed by atoms with van der Waals surface area (Å²) in [5.74, 6) is -1.14. The topological polar surface area (TPSA) is 85.6 Å². The molecule has 8 heteroatoms. The predicted molar refractivity (Wildman–Crippen MR) is 112 cm³/mol. The minimum atomic E-state index is -3.95. The molecule has 0 amide bonds. The first-order valence-corrected chi connectivity index (χ1v) is 10.7. The molecule has 6 nitrogen and oxygen atoms in total. The van der Waals surface area contributed by atoms with Crippen LogP contribution in [0.2, 0.25) is 5.02 Å². The van der Waals surface area contributed by atoms with Crippen molar-refractivity contribution in [3.05, 3.63) is 64.3 Å². The van der Waals surface area contributed by atoms with Gasteiger partial charge in [-0.1, -0.05) is 17.7 Å². The van der Waals surface area contributed by atoms with Crippen LogP contribution in [0.1, 0.15) is 30.7 Å². The van der Waals surface area contributed by atoms with Crippen LogP contribution < -0.4 is 0 Å². The van der Waals surface area contributed by atoms with E-state index in [1.54, 1.807) is 36.4 Å². The van der Waals surface area contributed by atoms with Gasteiger partial charge in [0.05, 0.1) is 22.7 Å². The fourth-order valence-corrected chi connectivity index (χ4v) is 5.01. The van der Waals surface area contributed by atoms with Crippen LogP contribution in [-0.4, -0.2) is 29.1 Å². The van der Waals surface area contributed by atoms with Crippen molar-refractivity contribution in [2.24, 2.45) is 0 Å². The number of fused-ring (bicyclic) bond motifs is 1. The molecule has 0 aliphatic carbocycles. The Morgan fingerprint density at radius 2 is 1.72 bits per heavy atom. The molecule has 1 N–H and O–H groups in total. The third-order valence-electron chi connectivity index (χ3n) is 4.62. The SMILES string of the molecule is Cc1cc(C)cc(S(=O)(=O)n2c(COC(C)(C)C(=O)O)cc3cc(Cl)ccc32)c1. The first-order valence-electron chi connectivity index (χ1n) is 8.93. The van der Waals surface area contributed by atoms with E-state index in [-0.39, 0.29) is 11.5 Å². The Balaban J connectivity index is 2.20. The molecule has 0 aliphatic heterocycles. The Morgan fingerprint density at radius 1 is 1.10 bits per heavy atom. The number of halogens is 1. The van der Waals surface area contributed by atoms with Crippen molar-refractivity contribution in [3.63, 3.8) is 0 Å². The standard InChI is InChI=1S/C21H22ClNO5S/c1-13-7-14(2)9-18(8-13)29(26,27)23-17(12-28-21(3,4)20(24)25)11-15-10-16(22)5-6-19(15)23/h5-11H,12H2,1-4H3,(H,24,25). The number of benzene rings is 2. The van der Waals surface area contributed by atoms with Gasteiger partial charge >= 0.3 is 5.97 Å². The summed E-state index contributed by atoms with van der Waals surface area (Å²) in [7, 11) is -3.95. The molecular weight excluding hydrogens is 414 g/mol. The van der Waals surface area contributed by atoms with Crippen molar-refractivity contribution in [3.8, 4) is 0 Å². The van der Waals surface area contributed by atoms with Crippen molar-refractivity contribution in [2.75, 3.05) is 0 Å². The Bertz CT molecular complexity index is 1190. The fourth-order valence-electron chi connectivity index (χ4n) is 3.11. The molecule has 3 aromatic rings. The Kier molecular flexibility index (Phi) is 5.51. The second kappa shape index (κ2) is 7.48. The van der Waals surface area contributed by atoms with Crippen LogP contribution in [0.3, 0.4) is 0 Å². The van der Waals surface area contributed by atoms with Crippen molar-refractivity contribution in [1.82, 2.24) is 3.97 Å². The van der Waals surface area contributed by atoms with Crippen LogP contribution >= 0.6 is 11.6 Å². The highest BCUT2D eigenvalue weighted by molar-refractivity contribution is 7.90. The summed E-state index contributed by atoms with van der Waals surface area (Å²) in [4.78, 5) is 11.5. The average Bonchev–Trinajstić information content (AvgIpc) is 2.97. The van der Waals surface area contributed by atoms with Crippen LogP contribution in [0.5, 0.6) is 0 Å². The van der Waals surface area contributed by atoms with Crippen molar-refractivity contribution in [2.45, 2.75) is 44.8 Å². The zero-order valence-corrected chi connectivity index (χ0v) is 18.1. The predicted octanol–water partition coefficient (Wildman–Crippen LogP) is 4.53. The van der Waals surface area contributed by atoms with E-state index in [4.69, 9.17) is 16.3 Å². The fraction of sp³-hybridized carbons (Fsp3) is 0.286. The van der Waals surface area contributed by atoms with Crippen molar-refractivity contribution < 1.29 is 23.1 Å². The molecule has 154 valence electrons. The molecule has 1 heterocycles. The highest BCUT2D eigenvalue weighted by Crippen LogP contribution is 2.30. The lowest BCUT2D eigenvalue weighted by Gasteiger charge is -2.21. The summed E-state index contributed by atoms with van der Waals surface area (Å²) in [6.07, 6.45) is 0. The number of aryl methyl sites for hydroxylation is 2. The molecule has 0 unspecified atom stereocenters. The number of nitrogens with zero attached hydrogens (tertiary/aromatic N) is 1. The summed E-state index contributed by atoms with van der Waals surface area (Å²) in [5.41, 5.74) is 0.944. The number of carboxylic acids is 1. The highest BCUT2D eigenvalue weighted by atomic mass is 35.5. The van der Waals surface area contributed by atoms with Gasteiger partial charge in [0, 0.05) is 10.4 Å². The molecule has 0 aliphatic rings. The molecule has 0 radical (unpaired) electrons. The van der Waals surface area contributed by atoms with Gasteiger partial charge in [-0.05, 0) is 75.2 Å². The van der Waals surface area contributed by atoms with Crippen molar-refractivity contribution >= 4 is 38.5 Å². The largest absolute Gasteiger partial charge is 0.479 e. The molecule has 1 aromatic heterocycles. The molecule has 0 saturated carbocycles. The molecule has 0 bridgehead atoms. The molecule has 0 fully saturated rings.